The fourth-order valence-electron chi connectivity index (χ4n) is 2.42. The van der Waals surface area contributed by atoms with Gasteiger partial charge in [0, 0.05) is 5.54 Å². The fourth-order valence-corrected chi connectivity index (χ4v) is 5.14. The molecule has 0 unspecified atom stereocenters. The first-order valence-electron chi connectivity index (χ1n) is 6.09. The SMILES string of the molecule is Cc1nc(N)sc1S(=O)(=O)NC(C)(C)CC(C)(C)C. The zero-order chi connectivity index (χ0) is 15.1. The second-order valence-electron chi connectivity index (χ2n) is 6.65. The van der Waals surface area contributed by atoms with Crippen molar-refractivity contribution in [2.24, 2.45) is 5.41 Å². The largest absolute Gasteiger partial charge is 0.375 e. The Hall–Kier alpha value is -0.660. The molecule has 110 valence electrons. The Labute approximate surface area is 119 Å². The molecular formula is C12H23N3O2S2. The molecule has 1 heterocycles. The number of hydrogen-bond donors (Lipinski definition) is 2. The van der Waals surface area contributed by atoms with Crippen LogP contribution in [-0.2, 0) is 10.0 Å². The van der Waals surface area contributed by atoms with Crippen molar-refractivity contribution in [1.82, 2.24) is 9.71 Å². The van der Waals surface area contributed by atoms with Crippen LogP contribution in [-0.4, -0.2) is 18.9 Å². The summed E-state index contributed by atoms with van der Waals surface area (Å²) >= 11 is 0.996. The standard InChI is InChI=1S/C12H23N3O2S2/c1-8-9(18-10(13)14-8)19(16,17)15-12(5,6)7-11(2,3)4/h15H,7H2,1-6H3,(H2,13,14). The second-order valence-corrected chi connectivity index (χ2v) is 9.56. The Kier molecular flexibility index (Phi) is 4.34. The molecule has 0 aliphatic carbocycles. The maximum atomic E-state index is 12.4. The number of sulfonamides is 1. The predicted molar refractivity (Wildman–Crippen MR) is 79.7 cm³/mol. The molecule has 1 aromatic heterocycles. The smallest absolute Gasteiger partial charge is 0.252 e. The van der Waals surface area contributed by atoms with Crippen molar-refractivity contribution in [1.29, 1.82) is 0 Å². The number of thiazole rings is 1. The minimum absolute atomic E-state index is 0.0355. The van der Waals surface area contributed by atoms with Gasteiger partial charge >= 0.3 is 0 Å². The van der Waals surface area contributed by atoms with Gasteiger partial charge in [-0.15, -0.1) is 0 Å². The van der Waals surface area contributed by atoms with Crippen molar-refractivity contribution < 1.29 is 8.42 Å². The summed E-state index contributed by atoms with van der Waals surface area (Å²) in [6.45, 7) is 11.7. The van der Waals surface area contributed by atoms with Crippen LogP contribution in [0.5, 0.6) is 0 Å². The van der Waals surface area contributed by atoms with Gasteiger partial charge in [0.15, 0.2) is 9.34 Å². The third kappa shape index (κ3) is 4.74. The van der Waals surface area contributed by atoms with E-state index in [1.165, 1.54) is 0 Å². The van der Waals surface area contributed by atoms with Crippen molar-refractivity contribution in [3.8, 4) is 0 Å². The number of nitrogens with zero attached hydrogens (tertiary/aromatic N) is 1. The lowest BCUT2D eigenvalue weighted by Gasteiger charge is -2.32. The Balaban J connectivity index is 3.01. The maximum absolute atomic E-state index is 12.4. The van der Waals surface area contributed by atoms with Crippen molar-refractivity contribution >= 4 is 26.5 Å². The van der Waals surface area contributed by atoms with Crippen molar-refractivity contribution in [3.05, 3.63) is 5.69 Å². The van der Waals surface area contributed by atoms with E-state index in [2.05, 4.69) is 30.5 Å². The average molecular weight is 305 g/mol. The van der Waals surface area contributed by atoms with E-state index in [4.69, 9.17) is 5.73 Å². The third-order valence-corrected chi connectivity index (χ3v) is 5.69. The van der Waals surface area contributed by atoms with Crippen LogP contribution in [0.1, 0.15) is 46.7 Å². The highest BCUT2D eigenvalue weighted by Crippen LogP contribution is 2.30. The molecule has 19 heavy (non-hydrogen) atoms. The summed E-state index contributed by atoms with van der Waals surface area (Å²) < 4.78 is 27.7. The lowest BCUT2D eigenvalue weighted by molar-refractivity contribution is 0.269. The van der Waals surface area contributed by atoms with E-state index in [1.54, 1.807) is 6.92 Å². The van der Waals surface area contributed by atoms with Crippen LogP contribution in [0.15, 0.2) is 4.21 Å². The molecule has 0 radical (unpaired) electrons. The number of nitrogen functional groups attached to an aromatic ring is 1. The molecule has 0 saturated carbocycles. The molecule has 0 amide bonds. The number of anilines is 1. The molecular weight excluding hydrogens is 282 g/mol. The topological polar surface area (TPSA) is 85.1 Å². The molecule has 0 spiro atoms. The minimum atomic E-state index is -3.57. The van der Waals surface area contributed by atoms with Gasteiger partial charge < -0.3 is 5.73 Å². The summed E-state index contributed by atoms with van der Waals surface area (Å²) in [7, 11) is -3.57. The van der Waals surface area contributed by atoms with Gasteiger partial charge in [0.2, 0.25) is 0 Å². The van der Waals surface area contributed by atoms with Gasteiger partial charge in [-0.3, -0.25) is 0 Å². The van der Waals surface area contributed by atoms with E-state index in [9.17, 15) is 8.42 Å². The highest BCUT2D eigenvalue weighted by atomic mass is 32.2. The van der Waals surface area contributed by atoms with Gasteiger partial charge in [-0.05, 0) is 32.6 Å². The number of aryl methyl sites for hydroxylation is 1. The molecule has 0 atom stereocenters. The Morgan fingerprint density at radius 2 is 1.79 bits per heavy atom. The molecule has 0 bridgehead atoms. The van der Waals surface area contributed by atoms with E-state index in [1.807, 2.05) is 13.8 Å². The van der Waals surface area contributed by atoms with Crippen molar-refractivity contribution in [3.63, 3.8) is 0 Å². The zero-order valence-electron chi connectivity index (χ0n) is 12.4. The molecule has 0 aliphatic rings. The van der Waals surface area contributed by atoms with E-state index < -0.39 is 15.6 Å². The normalized spacial score (nSPS) is 13.8. The van der Waals surface area contributed by atoms with Crippen LogP contribution in [0.25, 0.3) is 0 Å². The van der Waals surface area contributed by atoms with Crippen molar-refractivity contribution in [2.75, 3.05) is 5.73 Å². The molecule has 3 N–H and O–H groups in total. The highest BCUT2D eigenvalue weighted by molar-refractivity contribution is 7.91. The Bertz CT molecular complexity index is 554. The number of rotatable bonds is 4. The molecule has 7 heteroatoms. The van der Waals surface area contributed by atoms with Crippen LogP contribution in [0.2, 0.25) is 0 Å². The quantitative estimate of drug-likeness (QED) is 0.895. The highest BCUT2D eigenvalue weighted by Gasteiger charge is 2.32. The zero-order valence-corrected chi connectivity index (χ0v) is 14.0. The molecule has 5 nitrogen and oxygen atoms in total. The summed E-state index contributed by atoms with van der Waals surface area (Å²) in [4.78, 5) is 3.96. The summed E-state index contributed by atoms with van der Waals surface area (Å²) in [5.41, 5.74) is 5.51. The van der Waals surface area contributed by atoms with Crippen LogP contribution in [0.3, 0.4) is 0 Å². The van der Waals surface area contributed by atoms with Gasteiger partial charge in [-0.25, -0.2) is 18.1 Å². The van der Waals surface area contributed by atoms with Crippen LogP contribution < -0.4 is 10.5 Å². The third-order valence-electron chi connectivity index (χ3n) is 2.40. The fraction of sp³-hybridized carbons (Fsp3) is 0.750. The summed E-state index contributed by atoms with van der Waals surface area (Å²) in [5, 5.41) is 0.270. The van der Waals surface area contributed by atoms with Gasteiger partial charge in [-0.1, -0.05) is 32.1 Å². The van der Waals surface area contributed by atoms with Gasteiger partial charge in [0.1, 0.15) is 0 Å². The lowest BCUT2D eigenvalue weighted by atomic mass is 9.82. The molecule has 0 aromatic carbocycles. The predicted octanol–water partition coefficient (Wildman–Crippen LogP) is 2.53. The second kappa shape index (κ2) is 5.03. The molecule has 0 saturated heterocycles. The van der Waals surface area contributed by atoms with Crippen LogP contribution in [0, 0.1) is 12.3 Å². The molecule has 1 rings (SSSR count). The van der Waals surface area contributed by atoms with Crippen LogP contribution >= 0.6 is 11.3 Å². The van der Waals surface area contributed by atoms with Gasteiger partial charge in [0.25, 0.3) is 10.0 Å². The van der Waals surface area contributed by atoms with E-state index >= 15 is 0 Å². The Morgan fingerprint density at radius 1 is 1.26 bits per heavy atom. The number of nitrogens with one attached hydrogen (secondary N) is 1. The van der Waals surface area contributed by atoms with Gasteiger partial charge in [-0.2, -0.15) is 0 Å². The summed E-state index contributed by atoms with van der Waals surface area (Å²) in [5.74, 6) is 0. The van der Waals surface area contributed by atoms with E-state index in [0.29, 0.717) is 5.69 Å². The first-order valence-corrected chi connectivity index (χ1v) is 8.39. The summed E-state index contributed by atoms with van der Waals surface area (Å²) in [6.07, 6.45) is 0.729. The van der Waals surface area contributed by atoms with Gasteiger partial charge in [0.05, 0.1) is 5.69 Å². The van der Waals surface area contributed by atoms with E-state index in [-0.39, 0.29) is 14.8 Å². The molecule has 0 fully saturated rings. The first-order chi connectivity index (χ1) is 8.32. The number of nitrogens with two attached hydrogens (primary N) is 1. The number of aromatic nitrogens is 1. The molecule has 1 aromatic rings. The minimum Gasteiger partial charge on any atom is -0.375 e. The van der Waals surface area contributed by atoms with E-state index in [0.717, 1.165) is 17.8 Å². The first kappa shape index (κ1) is 16.4. The Morgan fingerprint density at radius 3 is 2.16 bits per heavy atom. The lowest BCUT2D eigenvalue weighted by Crippen LogP contribution is -2.45. The van der Waals surface area contributed by atoms with Crippen molar-refractivity contribution in [2.45, 2.75) is 57.7 Å². The maximum Gasteiger partial charge on any atom is 0.252 e. The monoisotopic (exact) mass is 305 g/mol. The molecule has 0 aliphatic heterocycles. The average Bonchev–Trinajstić information content (AvgIpc) is 2.38. The van der Waals surface area contributed by atoms with Crippen LogP contribution in [0.4, 0.5) is 5.13 Å². The number of hydrogen-bond acceptors (Lipinski definition) is 5. The summed E-state index contributed by atoms with van der Waals surface area (Å²) in [6, 6.07) is 0.